The number of amides is 1. The molecule has 0 aromatic rings. The van der Waals surface area contributed by atoms with E-state index in [4.69, 9.17) is 0 Å². The fourth-order valence-corrected chi connectivity index (χ4v) is 1.37. The summed E-state index contributed by atoms with van der Waals surface area (Å²) >= 11 is 0. The van der Waals surface area contributed by atoms with Crippen molar-refractivity contribution >= 4 is 11.8 Å². The summed E-state index contributed by atoms with van der Waals surface area (Å²) in [5.74, 6) is 0.455. The van der Waals surface area contributed by atoms with Gasteiger partial charge in [-0.05, 0) is 13.8 Å². The van der Waals surface area contributed by atoms with Crippen molar-refractivity contribution in [3.05, 3.63) is 23.5 Å². The van der Waals surface area contributed by atoms with Crippen molar-refractivity contribution in [2.75, 3.05) is 7.11 Å². The SMILES string of the molecule is COC(=O)N1C=C2N=C(C)C(C)=C(O)N2N1. The number of nitrogens with one attached hydrogen (secondary N) is 1. The highest BCUT2D eigenvalue weighted by Gasteiger charge is 2.31. The fourth-order valence-electron chi connectivity index (χ4n) is 1.37. The minimum atomic E-state index is -0.583. The van der Waals surface area contributed by atoms with Crippen LogP contribution in [0.25, 0.3) is 0 Å². The first-order valence-corrected chi connectivity index (χ1v) is 4.65. The van der Waals surface area contributed by atoms with Crippen LogP contribution in [0.15, 0.2) is 28.5 Å². The predicted octanol–water partition coefficient (Wildman–Crippen LogP) is 0.853. The summed E-state index contributed by atoms with van der Waals surface area (Å²) < 4.78 is 4.54. The first-order valence-electron chi connectivity index (χ1n) is 4.65. The Morgan fingerprint density at radius 1 is 1.56 bits per heavy atom. The smallest absolute Gasteiger partial charge is 0.429 e. The lowest BCUT2D eigenvalue weighted by Crippen LogP contribution is -2.44. The number of nitrogens with zero attached hydrogens (tertiary/aromatic N) is 3. The second kappa shape index (κ2) is 3.53. The molecule has 7 nitrogen and oxygen atoms in total. The van der Waals surface area contributed by atoms with Gasteiger partial charge in [-0.25, -0.2) is 14.8 Å². The lowest BCUT2D eigenvalue weighted by molar-refractivity contribution is 0.0790. The number of aliphatic hydroxyl groups is 1. The number of methoxy groups -OCH3 is 1. The normalized spacial score (nSPS) is 19.4. The number of ether oxygens (including phenoxy) is 1. The molecule has 2 rings (SSSR count). The highest BCUT2D eigenvalue weighted by Crippen LogP contribution is 2.24. The van der Waals surface area contributed by atoms with Crippen LogP contribution >= 0.6 is 0 Å². The quantitative estimate of drug-likeness (QED) is 0.638. The molecule has 2 aliphatic heterocycles. The number of aliphatic hydroxyl groups excluding tert-OH is 1. The van der Waals surface area contributed by atoms with Gasteiger partial charge in [0.1, 0.15) is 0 Å². The summed E-state index contributed by atoms with van der Waals surface area (Å²) in [5, 5.41) is 12.2. The van der Waals surface area contributed by atoms with Gasteiger partial charge in [-0.2, -0.15) is 5.01 Å². The summed E-state index contributed by atoms with van der Waals surface area (Å²) in [4.78, 5) is 15.5. The maximum Gasteiger partial charge on any atom is 0.429 e. The Hall–Kier alpha value is -2.02. The largest absolute Gasteiger partial charge is 0.493 e. The third kappa shape index (κ3) is 1.41. The molecule has 2 aliphatic rings. The Labute approximate surface area is 92.2 Å². The molecule has 16 heavy (non-hydrogen) atoms. The number of hydrogen-bond donors (Lipinski definition) is 2. The van der Waals surface area contributed by atoms with E-state index in [1.807, 2.05) is 0 Å². The van der Waals surface area contributed by atoms with Gasteiger partial charge in [0.2, 0.25) is 5.88 Å². The molecule has 0 saturated heterocycles. The molecule has 0 saturated carbocycles. The summed E-state index contributed by atoms with van der Waals surface area (Å²) in [6, 6.07) is 0. The Morgan fingerprint density at radius 2 is 2.25 bits per heavy atom. The van der Waals surface area contributed by atoms with Crippen molar-refractivity contribution < 1.29 is 14.6 Å². The Balaban J connectivity index is 2.32. The second-order valence-corrected chi connectivity index (χ2v) is 3.41. The van der Waals surface area contributed by atoms with Gasteiger partial charge in [0, 0.05) is 11.3 Å². The van der Waals surface area contributed by atoms with Crippen molar-refractivity contribution in [1.29, 1.82) is 0 Å². The number of rotatable bonds is 0. The van der Waals surface area contributed by atoms with Gasteiger partial charge >= 0.3 is 6.09 Å². The molecular formula is C9H12N4O3. The molecule has 0 fully saturated rings. The molecule has 0 radical (unpaired) electrons. The molecular weight excluding hydrogens is 212 g/mol. The standard InChI is InChI=1S/C9H12N4O3/c1-5-6(2)10-7-4-12(9(15)16-3)11-13(7)8(5)14/h4,11,14H,1-3H3. The van der Waals surface area contributed by atoms with E-state index in [1.54, 1.807) is 13.8 Å². The Bertz CT molecular complexity index is 438. The number of fused-ring (bicyclic) bond motifs is 1. The number of aliphatic imine (C=N–C) groups is 1. The molecule has 2 N–H and O–H groups in total. The molecule has 0 unspecified atom stereocenters. The van der Waals surface area contributed by atoms with Crippen LogP contribution in [0.3, 0.4) is 0 Å². The topological polar surface area (TPSA) is 77.4 Å². The Morgan fingerprint density at radius 3 is 2.88 bits per heavy atom. The van der Waals surface area contributed by atoms with E-state index in [-0.39, 0.29) is 5.88 Å². The first kappa shape index (κ1) is 10.5. The second-order valence-electron chi connectivity index (χ2n) is 3.41. The highest BCUT2D eigenvalue weighted by atomic mass is 16.5. The number of hydrogen-bond acceptors (Lipinski definition) is 6. The molecule has 0 atom stereocenters. The lowest BCUT2D eigenvalue weighted by Gasteiger charge is -2.24. The van der Waals surface area contributed by atoms with E-state index >= 15 is 0 Å². The number of hydrazine groups is 2. The fraction of sp³-hybridized carbons (Fsp3) is 0.333. The van der Waals surface area contributed by atoms with E-state index in [2.05, 4.69) is 15.3 Å². The Kier molecular flexibility index (Phi) is 2.31. The molecule has 7 heteroatoms. The molecule has 2 heterocycles. The number of carbonyl (C=O) groups is 1. The van der Waals surface area contributed by atoms with Gasteiger partial charge in [-0.15, -0.1) is 5.53 Å². The van der Waals surface area contributed by atoms with Crippen molar-refractivity contribution in [2.45, 2.75) is 13.8 Å². The highest BCUT2D eigenvalue weighted by molar-refractivity contribution is 5.99. The molecule has 0 aromatic heterocycles. The molecule has 0 aromatic carbocycles. The van der Waals surface area contributed by atoms with E-state index in [1.165, 1.54) is 18.3 Å². The van der Waals surface area contributed by atoms with Crippen LogP contribution in [-0.2, 0) is 4.74 Å². The minimum absolute atomic E-state index is 0.0187. The van der Waals surface area contributed by atoms with Crippen molar-refractivity contribution in [1.82, 2.24) is 15.6 Å². The van der Waals surface area contributed by atoms with Gasteiger partial charge < -0.3 is 9.84 Å². The van der Waals surface area contributed by atoms with E-state index < -0.39 is 6.09 Å². The van der Waals surface area contributed by atoms with Gasteiger partial charge in [0.25, 0.3) is 0 Å². The minimum Gasteiger partial charge on any atom is -0.493 e. The van der Waals surface area contributed by atoms with Crippen LogP contribution < -0.4 is 5.53 Å². The summed E-state index contributed by atoms with van der Waals surface area (Å²) in [7, 11) is 1.27. The van der Waals surface area contributed by atoms with E-state index in [0.29, 0.717) is 17.1 Å². The van der Waals surface area contributed by atoms with Crippen LogP contribution in [0.5, 0.6) is 0 Å². The summed E-state index contributed by atoms with van der Waals surface area (Å²) in [6.45, 7) is 3.53. The molecule has 86 valence electrons. The van der Waals surface area contributed by atoms with Crippen LogP contribution in [-0.4, -0.2) is 34.0 Å². The number of carbonyl (C=O) groups excluding carboxylic acids is 1. The average Bonchev–Trinajstić information content (AvgIpc) is 2.69. The van der Waals surface area contributed by atoms with E-state index in [9.17, 15) is 9.90 Å². The average molecular weight is 224 g/mol. The number of allylic oxidation sites excluding steroid dienone is 1. The zero-order valence-electron chi connectivity index (χ0n) is 9.18. The lowest BCUT2D eigenvalue weighted by atomic mass is 10.2. The zero-order chi connectivity index (χ0) is 11.9. The maximum absolute atomic E-state index is 11.3. The molecule has 0 bridgehead atoms. The predicted molar refractivity (Wildman–Crippen MR) is 55.7 cm³/mol. The molecule has 0 aliphatic carbocycles. The van der Waals surface area contributed by atoms with Crippen LogP contribution in [0, 0.1) is 0 Å². The van der Waals surface area contributed by atoms with Crippen LogP contribution in [0.2, 0.25) is 0 Å². The molecule has 0 spiro atoms. The van der Waals surface area contributed by atoms with Gasteiger partial charge in [0.05, 0.1) is 13.3 Å². The molecule has 1 amide bonds. The van der Waals surface area contributed by atoms with Crippen molar-refractivity contribution in [3.8, 4) is 0 Å². The monoisotopic (exact) mass is 224 g/mol. The maximum atomic E-state index is 11.3. The summed E-state index contributed by atoms with van der Waals surface area (Å²) in [5.41, 5.74) is 3.98. The van der Waals surface area contributed by atoms with Gasteiger partial charge in [-0.3, -0.25) is 0 Å². The zero-order valence-corrected chi connectivity index (χ0v) is 9.18. The van der Waals surface area contributed by atoms with Crippen LogP contribution in [0.4, 0.5) is 4.79 Å². The summed E-state index contributed by atoms with van der Waals surface area (Å²) in [6.07, 6.45) is 0.859. The van der Waals surface area contributed by atoms with Crippen LogP contribution in [0.1, 0.15) is 13.8 Å². The van der Waals surface area contributed by atoms with Gasteiger partial charge in [-0.1, -0.05) is 0 Å². The van der Waals surface area contributed by atoms with Gasteiger partial charge in [0.15, 0.2) is 5.82 Å². The third-order valence-electron chi connectivity index (χ3n) is 2.42. The van der Waals surface area contributed by atoms with Crippen molar-refractivity contribution in [3.63, 3.8) is 0 Å². The van der Waals surface area contributed by atoms with E-state index in [0.717, 1.165) is 5.01 Å². The van der Waals surface area contributed by atoms with Crippen molar-refractivity contribution in [2.24, 2.45) is 4.99 Å². The first-order chi connectivity index (χ1) is 7.54. The third-order valence-corrected chi connectivity index (χ3v) is 2.42.